The van der Waals surface area contributed by atoms with Crippen LogP contribution in [0.15, 0.2) is 70.1 Å². The van der Waals surface area contributed by atoms with E-state index in [2.05, 4.69) is 35.5 Å². The number of hydrogen-bond acceptors (Lipinski definition) is 5. The molecule has 2 heterocycles. The van der Waals surface area contributed by atoms with Gasteiger partial charge in [-0.1, -0.05) is 12.1 Å². The van der Waals surface area contributed by atoms with Crippen LogP contribution in [0.5, 0.6) is 11.5 Å². The Labute approximate surface area is 162 Å². The highest BCUT2D eigenvalue weighted by Gasteiger charge is 2.14. The lowest BCUT2D eigenvalue weighted by Gasteiger charge is -2.08. The quantitative estimate of drug-likeness (QED) is 0.405. The number of ether oxygens (including phenoxy) is 2. The second-order valence-corrected chi connectivity index (χ2v) is 6.86. The summed E-state index contributed by atoms with van der Waals surface area (Å²) in [7, 11) is 3.25. The Morgan fingerprint density at radius 3 is 2.52 bits per heavy atom. The predicted molar refractivity (Wildman–Crippen MR) is 110 cm³/mol. The summed E-state index contributed by atoms with van der Waals surface area (Å²) in [5.74, 6) is 2.09. The molecule has 0 unspecified atom stereocenters. The molecule has 5 heteroatoms. The Bertz CT molecular complexity index is 1100. The van der Waals surface area contributed by atoms with Crippen molar-refractivity contribution < 1.29 is 13.9 Å². The minimum absolute atomic E-state index is 0.663. The summed E-state index contributed by atoms with van der Waals surface area (Å²) in [6.07, 6.45) is 3.89. The summed E-state index contributed by atoms with van der Waals surface area (Å²) in [6, 6.07) is 18.1. The topological polar surface area (TPSA) is 44.5 Å². The Kier molecular flexibility index (Phi) is 4.77. The monoisotopic (exact) mass is 377 g/mol. The molecular formula is C22H19NO3S. The van der Waals surface area contributed by atoms with Gasteiger partial charge in [-0.25, -0.2) is 0 Å². The van der Waals surface area contributed by atoms with Crippen molar-refractivity contribution in [2.75, 3.05) is 20.5 Å². The van der Waals surface area contributed by atoms with Gasteiger partial charge >= 0.3 is 0 Å². The molecule has 4 nitrogen and oxygen atoms in total. The van der Waals surface area contributed by atoms with E-state index < -0.39 is 0 Å². The number of thioether (sulfide) groups is 1. The smallest absolute Gasteiger partial charge is 0.161 e. The average Bonchev–Trinajstić information content (AvgIpc) is 3.17. The summed E-state index contributed by atoms with van der Waals surface area (Å²) >= 11 is 1.72. The number of fused-ring (bicyclic) bond motifs is 1. The third-order valence-electron chi connectivity index (χ3n) is 4.46. The van der Waals surface area contributed by atoms with Crippen molar-refractivity contribution in [1.29, 1.82) is 0 Å². The van der Waals surface area contributed by atoms with E-state index in [0.29, 0.717) is 11.5 Å². The van der Waals surface area contributed by atoms with Crippen LogP contribution in [0, 0.1) is 0 Å². The number of furan rings is 1. The van der Waals surface area contributed by atoms with E-state index in [1.807, 2.05) is 36.5 Å². The van der Waals surface area contributed by atoms with Crippen molar-refractivity contribution in [3.05, 3.63) is 60.8 Å². The highest BCUT2D eigenvalue weighted by Crippen LogP contribution is 2.37. The molecule has 0 spiro atoms. The normalized spacial score (nSPS) is 10.9. The van der Waals surface area contributed by atoms with Gasteiger partial charge < -0.3 is 13.9 Å². The second-order valence-electron chi connectivity index (χ2n) is 5.99. The Morgan fingerprint density at radius 1 is 0.889 bits per heavy atom. The molecule has 0 saturated heterocycles. The molecular weight excluding hydrogens is 358 g/mol. The molecule has 0 aliphatic rings. The van der Waals surface area contributed by atoms with E-state index >= 15 is 0 Å². The first-order valence-corrected chi connectivity index (χ1v) is 9.71. The Balaban J connectivity index is 1.84. The summed E-state index contributed by atoms with van der Waals surface area (Å²) in [6.45, 7) is 0. The number of pyridine rings is 1. The predicted octanol–water partition coefficient (Wildman–Crippen LogP) is 5.90. The standard InChI is InChI=1S/C22H19NO3S/c1-24-19-8-7-15(12-21(19)25-2)20-13-18-22(26-20)17(9-10-23-18)14-5-4-6-16(11-14)27-3/h4-13H,1-3H3. The molecule has 0 bridgehead atoms. The largest absolute Gasteiger partial charge is 0.493 e. The second kappa shape index (κ2) is 7.37. The van der Waals surface area contributed by atoms with Crippen LogP contribution in [0.3, 0.4) is 0 Å². The molecule has 2 aromatic heterocycles. The van der Waals surface area contributed by atoms with Crippen molar-refractivity contribution in [3.63, 3.8) is 0 Å². The fourth-order valence-corrected chi connectivity index (χ4v) is 3.55. The average molecular weight is 377 g/mol. The van der Waals surface area contributed by atoms with Crippen LogP contribution < -0.4 is 9.47 Å². The number of nitrogens with zero attached hydrogens (tertiary/aromatic N) is 1. The number of methoxy groups -OCH3 is 2. The zero-order valence-electron chi connectivity index (χ0n) is 15.4. The van der Waals surface area contributed by atoms with Gasteiger partial charge in [0.15, 0.2) is 17.1 Å². The van der Waals surface area contributed by atoms with Gasteiger partial charge in [-0.05, 0) is 48.2 Å². The fourth-order valence-electron chi connectivity index (χ4n) is 3.09. The molecule has 0 radical (unpaired) electrons. The molecule has 136 valence electrons. The van der Waals surface area contributed by atoms with Crippen LogP contribution >= 0.6 is 11.8 Å². The molecule has 0 aliphatic carbocycles. The van der Waals surface area contributed by atoms with Crippen molar-refractivity contribution in [2.45, 2.75) is 4.90 Å². The van der Waals surface area contributed by atoms with Gasteiger partial charge in [0.25, 0.3) is 0 Å². The number of aromatic nitrogens is 1. The summed E-state index contributed by atoms with van der Waals surface area (Å²) in [5.41, 5.74) is 4.66. The molecule has 4 rings (SSSR count). The van der Waals surface area contributed by atoms with Crippen LogP contribution in [0.1, 0.15) is 0 Å². The minimum atomic E-state index is 0.663. The van der Waals surface area contributed by atoms with Gasteiger partial charge in [-0.15, -0.1) is 11.8 Å². The zero-order valence-corrected chi connectivity index (χ0v) is 16.2. The molecule has 0 saturated carbocycles. The van der Waals surface area contributed by atoms with E-state index in [0.717, 1.165) is 33.6 Å². The van der Waals surface area contributed by atoms with Crippen molar-refractivity contribution in [3.8, 4) is 33.9 Å². The van der Waals surface area contributed by atoms with E-state index in [1.165, 1.54) is 4.90 Å². The number of benzene rings is 2. The first-order valence-electron chi connectivity index (χ1n) is 8.49. The summed E-state index contributed by atoms with van der Waals surface area (Å²) in [4.78, 5) is 5.69. The molecule has 0 aliphatic heterocycles. The first-order chi connectivity index (χ1) is 13.2. The van der Waals surface area contributed by atoms with E-state index in [-0.39, 0.29) is 0 Å². The molecule has 0 atom stereocenters. The third-order valence-corrected chi connectivity index (χ3v) is 5.19. The van der Waals surface area contributed by atoms with Gasteiger partial charge in [0.1, 0.15) is 11.3 Å². The molecule has 0 fully saturated rings. The maximum atomic E-state index is 6.22. The van der Waals surface area contributed by atoms with Crippen molar-refractivity contribution in [2.24, 2.45) is 0 Å². The number of hydrogen-bond donors (Lipinski definition) is 0. The van der Waals surface area contributed by atoms with Crippen molar-refractivity contribution in [1.82, 2.24) is 4.98 Å². The fraction of sp³-hybridized carbons (Fsp3) is 0.136. The molecule has 4 aromatic rings. The lowest BCUT2D eigenvalue weighted by Crippen LogP contribution is -1.90. The van der Waals surface area contributed by atoms with Gasteiger partial charge in [0.2, 0.25) is 0 Å². The summed E-state index contributed by atoms with van der Waals surface area (Å²) in [5, 5.41) is 0. The molecule has 2 aromatic carbocycles. The van der Waals surface area contributed by atoms with Crippen LogP contribution in [0.2, 0.25) is 0 Å². The maximum Gasteiger partial charge on any atom is 0.161 e. The van der Waals surface area contributed by atoms with Crippen molar-refractivity contribution >= 4 is 22.9 Å². The highest BCUT2D eigenvalue weighted by atomic mass is 32.2. The van der Waals surface area contributed by atoms with Gasteiger partial charge in [-0.2, -0.15) is 0 Å². The molecule has 27 heavy (non-hydrogen) atoms. The Hall–Kier alpha value is -2.92. The minimum Gasteiger partial charge on any atom is -0.493 e. The third kappa shape index (κ3) is 3.26. The molecule has 0 N–H and O–H groups in total. The van der Waals surface area contributed by atoms with E-state index in [9.17, 15) is 0 Å². The van der Waals surface area contributed by atoms with E-state index in [1.54, 1.807) is 26.0 Å². The van der Waals surface area contributed by atoms with Gasteiger partial charge in [-0.3, -0.25) is 4.98 Å². The summed E-state index contributed by atoms with van der Waals surface area (Å²) < 4.78 is 16.9. The van der Waals surface area contributed by atoms with Crippen LogP contribution in [-0.4, -0.2) is 25.5 Å². The zero-order chi connectivity index (χ0) is 18.8. The number of rotatable bonds is 5. The lowest BCUT2D eigenvalue weighted by atomic mass is 10.1. The highest BCUT2D eigenvalue weighted by molar-refractivity contribution is 7.98. The van der Waals surface area contributed by atoms with Crippen LogP contribution in [-0.2, 0) is 0 Å². The van der Waals surface area contributed by atoms with E-state index in [4.69, 9.17) is 13.9 Å². The SMILES string of the molecule is COc1ccc(-c2cc3nccc(-c4cccc(SC)c4)c3o2)cc1OC. The first kappa shape index (κ1) is 17.5. The van der Waals surface area contributed by atoms with Gasteiger partial charge in [0.05, 0.1) is 14.2 Å². The maximum absolute atomic E-state index is 6.22. The van der Waals surface area contributed by atoms with Crippen LogP contribution in [0.4, 0.5) is 0 Å². The lowest BCUT2D eigenvalue weighted by molar-refractivity contribution is 0.355. The van der Waals surface area contributed by atoms with Crippen LogP contribution in [0.25, 0.3) is 33.6 Å². The molecule has 0 amide bonds. The Morgan fingerprint density at radius 2 is 1.74 bits per heavy atom. The van der Waals surface area contributed by atoms with Gasteiger partial charge in [0, 0.05) is 28.3 Å².